The fourth-order valence-electron chi connectivity index (χ4n) is 3.95. The maximum Gasteiger partial charge on any atom is 0.123 e. The van der Waals surface area contributed by atoms with Gasteiger partial charge in [0.15, 0.2) is 0 Å². The van der Waals surface area contributed by atoms with Crippen LogP contribution in [0.1, 0.15) is 5.56 Å². The molecule has 0 saturated carbocycles. The highest BCUT2D eigenvalue weighted by molar-refractivity contribution is 5.75. The van der Waals surface area contributed by atoms with Gasteiger partial charge in [-0.25, -0.2) is 4.39 Å². The van der Waals surface area contributed by atoms with E-state index >= 15 is 0 Å². The summed E-state index contributed by atoms with van der Waals surface area (Å²) in [6, 6.07) is 41.0. The van der Waals surface area contributed by atoms with Gasteiger partial charge in [0, 0.05) is 0 Å². The molecule has 0 bridgehead atoms. The molecule has 1 heteroatoms. The summed E-state index contributed by atoms with van der Waals surface area (Å²) in [6.45, 7) is 2.11. The largest absolute Gasteiger partial charge is 0.207 e. The summed E-state index contributed by atoms with van der Waals surface area (Å²) in [5.41, 5.74) is 10.6. The molecule has 0 unspecified atom stereocenters. The quantitative estimate of drug-likeness (QED) is 0.276. The van der Waals surface area contributed by atoms with Crippen LogP contribution in [0.15, 0.2) is 121 Å². The van der Waals surface area contributed by atoms with Crippen molar-refractivity contribution in [2.75, 3.05) is 0 Å². The van der Waals surface area contributed by atoms with Crippen LogP contribution in [0.5, 0.6) is 0 Å². The molecule has 0 atom stereocenters. The van der Waals surface area contributed by atoms with Gasteiger partial charge in [0.25, 0.3) is 0 Å². The van der Waals surface area contributed by atoms with Crippen molar-refractivity contribution in [3.8, 4) is 44.5 Å². The zero-order valence-electron chi connectivity index (χ0n) is 17.9. The summed E-state index contributed by atoms with van der Waals surface area (Å²) in [4.78, 5) is 0. The molecular formula is C31H23F. The standard InChI is InChI=1S/C31H23F/c1-22-2-4-23(5-3-22)24-6-8-25(9-7-24)26-10-12-27(13-11-26)28-14-16-29(17-15-28)30-18-20-31(32)21-19-30/h2-21H,1H3. The van der Waals surface area contributed by atoms with Gasteiger partial charge >= 0.3 is 0 Å². The van der Waals surface area contributed by atoms with Crippen molar-refractivity contribution in [2.24, 2.45) is 0 Å². The molecule has 0 aliphatic rings. The summed E-state index contributed by atoms with van der Waals surface area (Å²) in [5.74, 6) is -0.213. The van der Waals surface area contributed by atoms with E-state index in [0.29, 0.717) is 0 Å². The average Bonchev–Trinajstić information content (AvgIpc) is 2.85. The summed E-state index contributed by atoms with van der Waals surface area (Å²) in [7, 11) is 0. The summed E-state index contributed by atoms with van der Waals surface area (Å²) < 4.78 is 13.2. The van der Waals surface area contributed by atoms with Crippen molar-refractivity contribution in [3.05, 3.63) is 133 Å². The second-order valence-electron chi connectivity index (χ2n) is 8.10. The van der Waals surface area contributed by atoms with E-state index in [1.807, 2.05) is 12.1 Å². The zero-order chi connectivity index (χ0) is 21.9. The van der Waals surface area contributed by atoms with E-state index in [0.717, 1.165) is 16.7 Å². The normalized spacial score (nSPS) is 10.8. The van der Waals surface area contributed by atoms with Crippen LogP contribution in [0, 0.1) is 12.7 Å². The van der Waals surface area contributed by atoms with E-state index < -0.39 is 0 Å². The monoisotopic (exact) mass is 414 g/mol. The fourth-order valence-corrected chi connectivity index (χ4v) is 3.95. The van der Waals surface area contributed by atoms with E-state index in [4.69, 9.17) is 0 Å². The van der Waals surface area contributed by atoms with E-state index in [-0.39, 0.29) is 5.82 Å². The van der Waals surface area contributed by atoms with Gasteiger partial charge in [0.2, 0.25) is 0 Å². The topological polar surface area (TPSA) is 0 Å². The van der Waals surface area contributed by atoms with Gasteiger partial charge < -0.3 is 0 Å². The molecule has 0 saturated heterocycles. The summed E-state index contributed by atoms with van der Waals surface area (Å²) >= 11 is 0. The molecule has 32 heavy (non-hydrogen) atoms. The number of hydrogen-bond donors (Lipinski definition) is 0. The maximum absolute atomic E-state index is 13.2. The summed E-state index contributed by atoms with van der Waals surface area (Å²) in [6.07, 6.45) is 0. The molecule has 0 N–H and O–H groups in total. The first-order chi connectivity index (χ1) is 15.7. The molecular weight excluding hydrogens is 391 g/mol. The van der Waals surface area contributed by atoms with Crippen molar-refractivity contribution in [1.82, 2.24) is 0 Å². The van der Waals surface area contributed by atoms with E-state index in [2.05, 4.69) is 104 Å². The lowest BCUT2D eigenvalue weighted by molar-refractivity contribution is 0.628. The number of aryl methyl sites for hydroxylation is 1. The Bertz CT molecular complexity index is 1200. The fraction of sp³-hybridized carbons (Fsp3) is 0.0323. The Morgan fingerprint density at radius 2 is 0.500 bits per heavy atom. The van der Waals surface area contributed by atoms with Crippen LogP contribution in [-0.4, -0.2) is 0 Å². The van der Waals surface area contributed by atoms with Crippen LogP contribution in [0.4, 0.5) is 4.39 Å². The van der Waals surface area contributed by atoms with Crippen molar-refractivity contribution < 1.29 is 4.39 Å². The van der Waals surface area contributed by atoms with E-state index in [1.54, 1.807) is 0 Å². The van der Waals surface area contributed by atoms with Gasteiger partial charge in [-0.15, -0.1) is 0 Å². The summed E-state index contributed by atoms with van der Waals surface area (Å²) in [5, 5.41) is 0. The highest BCUT2D eigenvalue weighted by atomic mass is 19.1. The zero-order valence-corrected chi connectivity index (χ0v) is 17.9. The minimum atomic E-state index is -0.213. The van der Waals surface area contributed by atoms with Gasteiger partial charge in [-0.3, -0.25) is 0 Å². The number of rotatable bonds is 4. The lowest BCUT2D eigenvalue weighted by Crippen LogP contribution is -1.83. The first-order valence-corrected chi connectivity index (χ1v) is 10.8. The number of hydrogen-bond acceptors (Lipinski definition) is 0. The highest BCUT2D eigenvalue weighted by Gasteiger charge is 2.04. The van der Waals surface area contributed by atoms with Gasteiger partial charge in [-0.1, -0.05) is 115 Å². The Hall–Kier alpha value is -3.97. The second kappa shape index (κ2) is 8.64. The van der Waals surface area contributed by atoms with Gasteiger partial charge in [-0.2, -0.15) is 0 Å². The molecule has 0 heterocycles. The molecule has 0 aromatic heterocycles. The minimum absolute atomic E-state index is 0.213. The van der Waals surface area contributed by atoms with Crippen LogP contribution in [0.2, 0.25) is 0 Å². The van der Waals surface area contributed by atoms with E-state index in [9.17, 15) is 4.39 Å². The molecule has 0 radical (unpaired) electrons. The lowest BCUT2D eigenvalue weighted by atomic mass is 9.97. The Labute approximate surface area is 188 Å². The molecule has 5 aromatic carbocycles. The van der Waals surface area contributed by atoms with Crippen molar-refractivity contribution in [3.63, 3.8) is 0 Å². The van der Waals surface area contributed by atoms with Crippen LogP contribution < -0.4 is 0 Å². The van der Waals surface area contributed by atoms with E-state index in [1.165, 1.54) is 45.5 Å². The predicted octanol–water partition coefficient (Wildman–Crippen LogP) is 8.80. The molecule has 0 aliphatic heterocycles. The second-order valence-corrected chi connectivity index (χ2v) is 8.10. The lowest BCUT2D eigenvalue weighted by Gasteiger charge is -2.08. The number of benzene rings is 5. The Balaban J connectivity index is 1.33. The maximum atomic E-state index is 13.2. The van der Waals surface area contributed by atoms with Gasteiger partial charge in [-0.05, 0) is 63.6 Å². The van der Waals surface area contributed by atoms with Crippen molar-refractivity contribution in [1.29, 1.82) is 0 Å². The first-order valence-electron chi connectivity index (χ1n) is 10.8. The highest BCUT2D eigenvalue weighted by Crippen LogP contribution is 2.29. The molecule has 0 fully saturated rings. The average molecular weight is 415 g/mol. The minimum Gasteiger partial charge on any atom is -0.207 e. The molecule has 0 amide bonds. The third-order valence-electron chi connectivity index (χ3n) is 5.88. The third-order valence-corrected chi connectivity index (χ3v) is 5.88. The number of halogens is 1. The molecule has 0 nitrogen and oxygen atoms in total. The molecule has 5 rings (SSSR count). The smallest absolute Gasteiger partial charge is 0.123 e. The van der Waals surface area contributed by atoms with Crippen LogP contribution in [-0.2, 0) is 0 Å². The van der Waals surface area contributed by atoms with Crippen molar-refractivity contribution >= 4 is 0 Å². The molecule has 0 aliphatic carbocycles. The first kappa shape index (κ1) is 20.0. The Kier molecular flexibility index (Phi) is 5.39. The molecule has 154 valence electrons. The van der Waals surface area contributed by atoms with Gasteiger partial charge in [0.1, 0.15) is 5.82 Å². The van der Waals surface area contributed by atoms with Crippen LogP contribution in [0.3, 0.4) is 0 Å². The van der Waals surface area contributed by atoms with Crippen molar-refractivity contribution in [2.45, 2.75) is 6.92 Å². The van der Waals surface area contributed by atoms with Gasteiger partial charge in [0.05, 0.1) is 0 Å². The predicted molar refractivity (Wildman–Crippen MR) is 133 cm³/mol. The Morgan fingerprint density at radius 1 is 0.312 bits per heavy atom. The molecule has 5 aromatic rings. The van der Waals surface area contributed by atoms with Crippen LogP contribution >= 0.6 is 0 Å². The SMILES string of the molecule is Cc1ccc(-c2ccc(-c3ccc(-c4ccc(-c5ccc(F)cc5)cc4)cc3)cc2)cc1. The third kappa shape index (κ3) is 4.24. The molecule has 0 spiro atoms. The Morgan fingerprint density at radius 3 is 0.750 bits per heavy atom. The van der Waals surface area contributed by atoms with Crippen LogP contribution in [0.25, 0.3) is 44.5 Å².